The number of aromatic nitrogens is 3. The Morgan fingerprint density at radius 1 is 0.889 bits per heavy atom. The molecule has 54 heavy (non-hydrogen) atoms. The molecule has 0 saturated carbocycles. The van der Waals surface area contributed by atoms with Crippen LogP contribution in [0.25, 0.3) is 16.8 Å². The fourth-order valence-electron chi connectivity index (χ4n) is 6.17. The molecular weight excluding hydrogens is 706 g/mol. The molecular formula is C40H39F4N5O5. The number of hydrogen-bond donors (Lipinski definition) is 1. The zero-order valence-electron chi connectivity index (χ0n) is 30.0. The summed E-state index contributed by atoms with van der Waals surface area (Å²) in [6.45, 7) is 4.87. The van der Waals surface area contributed by atoms with Gasteiger partial charge in [-0.15, -0.1) is 5.10 Å². The van der Waals surface area contributed by atoms with Gasteiger partial charge in [0.1, 0.15) is 23.0 Å². The molecule has 14 heteroatoms. The van der Waals surface area contributed by atoms with Gasteiger partial charge < -0.3 is 19.7 Å². The molecule has 1 saturated heterocycles. The number of ether oxygens (including phenoxy) is 2. The molecule has 282 valence electrons. The minimum atomic E-state index is -4.59. The quantitative estimate of drug-likeness (QED) is 0.101. The minimum Gasteiger partial charge on any atom is -0.482 e. The minimum absolute atomic E-state index is 0.0321. The molecule has 1 N–H and O–H groups in total. The van der Waals surface area contributed by atoms with Crippen molar-refractivity contribution >= 4 is 34.9 Å². The highest BCUT2D eigenvalue weighted by Crippen LogP contribution is 2.32. The smallest absolute Gasteiger partial charge is 0.422 e. The normalized spacial score (nSPS) is 13.9. The number of esters is 1. The van der Waals surface area contributed by atoms with Crippen molar-refractivity contribution in [1.82, 2.24) is 19.5 Å². The number of hydrogen-bond acceptors (Lipinski definition) is 8. The lowest BCUT2D eigenvalue weighted by molar-refractivity contribution is -0.156. The van der Waals surface area contributed by atoms with E-state index in [-0.39, 0.29) is 47.5 Å². The molecule has 1 aliphatic heterocycles. The Bertz CT molecular complexity index is 2140. The number of halogens is 4. The standard InChI is InChI=1S/C40H39F4N5O5/c1-39(2,3)54-36(51)22-31(27-10-14-30(41)15-11-27)33(50)20-25-6-8-26(9-7-25)29-13-17-35-46-38(47-49(35)23-29)45-32-16-12-28(37(52)48-18-4-5-19-48)21-34(32)53-24-40(42,43)44/h6-17,21,23,31H,4-5,18-20,22,24H2,1-3H3,(H,45,47)/t31-/m1/s1. The van der Waals surface area contributed by atoms with Crippen LogP contribution in [0, 0.1) is 5.82 Å². The van der Waals surface area contributed by atoms with Crippen LogP contribution in [0.1, 0.15) is 67.4 Å². The molecule has 3 aromatic carbocycles. The molecule has 0 radical (unpaired) electrons. The number of alkyl halides is 3. The van der Waals surface area contributed by atoms with Gasteiger partial charge >= 0.3 is 12.1 Å². The van der Waals surface area contributed by atoms with Gasteiger partial charge in [-0.05, 0) is 92.8 Å². The fourth-order valence-corrected chi connectivity index (χ4v) is 6.17. The van der Waals surface area contributed by atoms with E-state index < -0.39 is 36.1 Å². The SMILES string of the molecule is CC(C)(C)OC(=O)C[C@@H](C(=O)Cc1ccc(-c2ccc3nc(Nc4ccc(C(=O)N5CCCC5)cc4OCC(F)(F)F)nn3c2)cc1)c1ccc(F)cc1. The van der Waals surface area contributed by atoms with Crippen LogP contribution in [0.4, 0.5) is 29.2 Å². The lowest BCUT2D eigenvalue weighted by atomic mass is 9.88. The van der Waals surface area contributed by atoms with Gasteiger partial charge in [0, 0.05) is 36.8 Å². The van der Waals surface area contributed by atoms with E-state index in [0.29, 0.717) is 29.9 Å². The number of amides is 1. The number of fused-ring (bicyclic) bond motifs is 1. The second-order valence-electron chi connectivity index (χ2n) is 14.1. The third-order valence-electron chi connectivity index (χ3n) is 8.71. The zero-order valence-corrected chi connectivity index (χ0v) is 30.0. The molecule has 0 unspecified atom stereocenters. The lowest BCUT2D eigenvalue weighted by Crippen LogP contribution is -2.27. The Hall–Kier alpha value is -5.79. The maximum absolute atomic E-state index is 13.7. The third-order valence-corrected chi connectivity index (χ3v) is 8.71. The van der Waals surface area contributed by atoms with Crippen molar-refractivity contribution in [2.24, 2.45) is 0 Å². The van der Waals surface area contributed by atoms with Gasteiger partial charge in [-0.1, -0.05) is 36.4 Å². The van der Waals surface area contributed by atoms with Crippen LogP contribution in [-0.2, 0) is 20.7 Å². The summed E-state index contributed by atoms with van der Waals surface area (Å²) in [7, 11) is 0. The van der Waals surface area contributed by atoms with E-state index in [1.165, 1.54) is 47.0 Å². The van der Waals surface area contributed by atoms with E-state index in [4.69, 9.17) is 9.47 Å². The summed E-state index contributed by atoms with van der Waals surface area (Å²) in [5.41, 5.74) is 2.92. The Morgan fingerprint density at radius 3 is 2.24 bits per heavy atom. The summed E-state index contributed by atoms with van der Waals surface area (Å²) in [4.78, 5) is 45.2. The van der Waals surface area contributed by atoms with Gasteiger partial charge in [-0.3, -0.25) is 14.4 Å². The van der Waals surface area contributed by atoms with Crippen molar-refractivity contribution < 1.29 is 41.4 Å². The average molecular weight is 746 g/mol. The largest absolute Gasteiger partial charge is 0.482 e. The molecule has 6 rings (SSSR count). The Labute approximate surface area is 309 Å². The van der Waals surface area contributed by atoms with Gasteiger partial charge in [-0.25, -0.2) is 8.91 Å². The molecule has 0 spiro atoms. The average Bonchev–Trinajstić information content (AvgIpc) is 3.80. The molecule has 1 aliphatic rings. The summed E-state index contributed by atoms with van der Waals surface area (Å²) < 4.78 is 65.0. The fraction of sp³-hybridized carbons (Fsp3) is 0.325. The molecule has 0 bridgehead atoms. The van der Waals surface area contributed by atoms with Crippen LogP contribution in [-0.4, -0.2) is 68.6 Å². The van der Waals surface area contributed by atoms with E-state index >= 15 is 0 Å². The maximum Gasteiger partial charge on any atom is 0.422 e. The maximum atomic E-state index is 13.7. The van der Waals surface area contributed by atoms with Crippen LogP contribution in [0.15, 0.2) is 85.1 Å². The summed E-state index contributed by atoms with van der Waals surface area (Å²) in [5.74, 6) is -2.36. The van der Waals surface area contributed by atoms with Crippen molar-refractivity contribution in [3.05, 3.63) is 108 Å². The molecule has 10 nitrogen and oxygen atoms in total. The van der Waals surface area contributed by atoms with E-state index in [9.17, 15) is 31.9 Å². The first-order valence-electron chi connectivity index (χ1n) is 17.5. The summed E-state index contributed by atoms with van der Waals surface area (Å²) in [6.07, 6.45) is -1.26. The van der Waals surface area contributed by atoms with Crippen LogP contribution in [0.2, 0.25) is 0 Å². The Balaban J connectivity index is 1.17. The number of nitrogens with zero attached hydrogens (tertiary/aromatic N) is 4. The van der Waals surface area contributed by atoms with E-state index in [1.54, 1.807) is 37.9 Å². The molecule has 0 aliphatic carbocycles. The van der Waals surface area contributed by atoms with Crippen molar-refractivity contribution in [1.29, 1.82) is 0 Å². The second kappa shape index (κ2) is 15.7. The number of ketones is 1. The molecule has 1 amide bonds. The number of nitrogens with one attached hydrogen (secondary N) is 1. The van der Waals surface area contributed by atoms with E-state index in [0.717, 1.165) is 24.0 Å². The van der Waals surface area contributed by atoms with Gasteiger partial charge in [0.05, 0.1) is 18.0 Å². The zero-order chi connectivity index (χ0) is 38.6. The van der Waals surface area contributed by atoms with Crippen LogP contribution < -0.4 is 10.1 Å². The summed E-state index contributed by atoms with van der Waals surface area (Å²) in [6, 6.07) is 20.7. The highest BCUT2D eigenvalue weighted by molar-refractivity contribution is 5.95. The first-order valence-corrected chi connectivity index (χ1v) is 17.5. The highest BCUT2D eigenvalue weighted by atomic mass is 19.4. The van der Waals surface area contributed by atoms with Crippen molar-refractivity contribution in [3.63, 3.8) is 0 Å². The molecule has 2 aromatic heterocycles. The number of carbonyl (C=O) groups is 3. The van der Waals surface area contributed by atoms with Crippen molar-refractivity contribution in [3.8, 4) is 16.9 Å². The third kappa shape index (κ3) is 9.79. The number of pyridine rings is 1. The van der Waals surface area contributed by atoms with Crippen molar-refractivity contribution in [2.75, 3.05) is 25.0 Å². The van der Waals surface area contributed by atoms with Crippen LogP contribution in [0.3, 0.4) is 0 Å². The highest BCUT2D eigenvalue weighted by Gasteiger charge is 2.30. The van der Waals surface area contributed by atoms with Gasteiger partial charge in [-0.2, -0.15) is 18.2 Å². The molecule has 1 fully saturated rings. The van der Waals surface area contributed by atoms with E-state index in [1.807, 2.05) is 30.3 Å². The Morgan fingerprint density at radius 2 is 1.57 bits per heavy atom. The van der Waals surface area contributed by atoms with Gasteiger partial charge in [0.2, 0.25) is 5.95 Å². The van der Waals surface area contributed by atoms with Crippen LogP contribution >= 0.6 is 0 Å². The van der Waals surface area contributed by atoms with Gasteiger partial charge in [0.25, 0.3) is 5.91 Å². The number of likely N-dealkylation sites (tertiary alicyclic amines) is 1. The van der Waals surface area contributed by atoms with Gasteiger partial charge in [0.15, 0.2) is 12.3 Å². The Kier molecular flexibility index (Phi) is 11.0. The van der Waals surface area contributed by atoms with Crippen molar-refractivity contribution in [2.45, 2.75) is 64.1 Å². The number of Topliss-reactive ketones (excluding diaryl/α,β-unsaturated/α-hetero) is 1. The topological polar surface area (TPSA) is 115 Å². The molecule has 1 atom stereocenters. The predicted octanol–water partition coefficient (Wildman–Crippen LogP) is 8.08. The summed E-state index contributed by atoms with van der Waals surface area (Å²) >= 11 is 0. The molecule has 3 heterocycles. The lowest BCUT2D eigenvalue weighted by Gasteiger charge is -2.22. The first-order chi connectivity index (χ1) is 25.6. The van der Waals surface area contributed by atoms with Crippen LogP contribution in [0.5, 0.6) is 5.75 Å². The number of carbonyl (C=O) groups excluding carboxylic acids is 3. The first kappa shape index (κ1) is 38.0. The predicted molar refractivity (Wildman–Crippen MR) is 193 cm³/mol. The van der Waals surface area contributed by atoms with E-state index in [2.05, 4.69) is 15.4 Å². The summed E-state index contributed by atoms with van der Waals surface area (Å²) in [5, 5.41) is 7.38. The number of anilines is 2. The molecule has 5 aromatic rings. The number of benzene rings is 3. The second-order valence-corrected chi connectivity index (χ2v) is 14.1. The number of rotatable bonds is 12. The monoisotopic (exact) mass is 745 g/mol.